The summed E-state index contributed by atoms with van der Waals surface area (Å²) in [7, 11) is 2.27. The molecule has 3 nitrogen and oxygen atoms in total. The van der Waals surface area contributed by atoms with Crippen LogP contribution in [-0.4, -0.2) is 47.6 Å². The van der Waals surface area contributed by atoms with Crippen LogP contribution in [-0.2, 0) is 0 Å². The van der Waals surface area contributed by atoms with Crippen molar-refractivity contribution < 1.29 is 0 Å². The number of hydrogen-bond acceptors (Lipinski definition) is 2. The minimum atomic E-state index is 0.710. The van der Waals surface area contributed by atoms with Crippen LogP contribution >= 0.6 is 12.2 Å². The maximum atomic E-state index is 5.62. The number of piperidine rings is 1. The lowest BCUT2D eigenvalue weighted by atomic mass is 10.0. The molecule has 0 atom stereocenters. The van der Waals surface area contributed by atoms with E-state index in [9.17, 15) is 0 Å². The lowest BCUT2D eigenvalue weighted by molar-refractivity contribution is 0.163. The van der Waals surface area contributed by atoms with Crippen LogP contribution in [0.5, 0.6) is 0 Å². The summed E-state index contributed by atoms with van der Waals surface area (Å²) in [5, 5.41) is 4.30. The molecule has 0 amide bonds. The Morgan fingerprint density at radius 2 is 2.00 bits per heavy atom. The third kappa shape index (κ3) is 5.18. The van der Waals surface area contributed by atoms with E-state index < -0.39 is 0 Å². The van der Waals surface area contributed by atoms with Crippen LogP contribution in [0.1, 0.15) is 43.7 Å². The molecule has 1 aliphatic rings. The third-order valence-electron chi connectivity index (χ3n) is 4.86. The van der Waals surface area contributed by atoms with Crippen LogP contribution in [0.15, 0.2) is 18.2 Å². The summed E-state index contributed by atoms with van der Waals surface area (Å²) in [5.41, 5.74) is 3.67. The van der Waals surface area contributed by atoms with Gasteiger partial charge in [-0.1, -0.05) is 31.0 Å². The van der Waals surface area contributed by atoms with Gasteiger partial charge in [-0.15, -0.1) is 0 Å². The van der Waals surface area contributed by atoms with Gasteiger partial charge >= 0.3 is 0 Å². The smallest absolute Gasteiger partial charge is 0.173 e. The molecule has 1 aromatic carbocycles. The van der Waals surface area contributed by atoms with E-state index in [2.05, 4.69) is 61.1 Å². The molecular weight excluding hydrogens is 302 g/mol. The Labute approximate surface area is 147 Å². The predicted molar refractivity (Wildman–Crippen MR) is 104 cm³/mol. The summed E-state index contributed by atoms with van der Waals surface area (Å²) < 4.78 is 0. The van der Waals surface area contributed by atoms with Gasteiger partial charge in [-0.3, -0.25) is 0 Å². The fraction of sp³-hybridized carbons (Fsp3) is 0.632. The van der Waals surface area contributed by atoms with Gasteiger partial charge in [0.15, 0.2) is 5.11 Å². The molecule has 0 aliphatic carbocycles. The van der Waals surface area contributed by atoms with Gasteiger partial charge in [-0.05, 0) is 70.6 Å². The normalized spacial score (nSPS) is 16.0. The number of aryl methyl sites for hydroxylation is 2. The van der Waals surface area contributed by atoms with Gasteiger partial charge in [-0.2, -0.15) is 0 Å². The second-order valence-electron chi connectivity index (χ2n) is 6.80. The van der Waals surface area contributed by atoms with Crippen LogP contribution in [0.3, 0.4) is 0 Å². The zero-order chi connectivity index (χ0) is 16.8. The second kappa shape index (κ2) is 8.65. The molecule has 2 rings (SSSR count). The molecule has 1 N–H and O–H groups in total. The van der Waals surface area contributed by atoms with Crippen LogP contribution in [0, 0.1) is 13.8 Å². The van der Waals surface area contributed by atoms with Crippen LogP contribution in [0.25, 0.3) is 0 Å². The van der Waals surface area contributed by atoms with Crippen molar-refractivity contribution >= 4 is 23.0 Å². The molecule has 0 unspecified atom stereocenters. The number of anilines is 1. The van der Waals surface area contributed by atoms with Crippen molar-refractivity contribution in [3.05, 3.63) is 29.3 Å². The van der Waals surface area contributed by atoms with E-state index in [0.29, 0.717) is 6.04 Å². The molecule has 128 valence electrons. The first kappa shape index (κ1) is 18.2. The predicted octanol–water partition coefficient (Wildman–Crippen LogP) is 4.20. The lowest BCUT2D eigenvalue weighted by Crippen LogP contribution is -2.47. The lowest BCUT2D eigenvalue weighted by Gasteiger charge is -2.38. The molecule has 0 aromatic heterocycles. The fourth-order valence-corrected chi connectivity index (χ4v) is 3.54. The summed E-state index contributed by atoms with van der Waals surface area (Å²) in [6.45, 7) is 9.83. The number of thiocarbonyl (C=S) groups is 1. The number of hydrogen-bond donors (Lipinski definition) is 1. The highest BCUT2D eigenvalue weighted by Crippen LogP contribution is 2.20. The number of likely N-dealkylation sites (tertiary alicyclic amines) is 1. The summed E-state index contributed by atoms with van der Waals surface area (Å²) >= 11 is 5.62. The highest BCUT2D eigenvalue weighted by Gasteiger charge is 2.23. The average Bonchev–Trinajstić information content (AvgIpc) is 2.55. The summed E-state index contributed by atoms with van der Waals surface area (Å²) in [6.07, 6.45) is 4.97. The van der Waals surface area contributed by atoms with E-state index in [1.54, 1.807) is 0 Å². The Balaban J connectivity index is 1.83. The largest absolute Gasteiger partial charge is 0.349 e. The van der Waals surface area contributed by atoms with Gasteiger partial charge in [0, 0.05) is 24.8 Å². The van der Waals surface area contributed by atoms with E-state index in [1.165, 1.54) is 43.4 Å². The van der Waals surface area contributed by atoms with Crippen LogP contribution in [0.4, 0.5) is 5.69 Å². The third-order valence-corrected chi connectivity index (χ3v) is 5.22. The number of benzene rings is 1. The molecule has 0 saturated carbocycles. The first-order valence-corrected chi connectivity index (χ1v) is 9.25. The van der Waals surface area contributed by atoms with E-state index in [1.807, 2.05) is 0 Å². The van der Waals surface area contributed by atoms with Crippen LogP contribution < -0.4 is 5.32 Å². The topological polar surface area (TPSA) is 18.5 Å². The van der Waals surface area contributed by atoms with Crippen molar-refractivity contribution in [3.8, 4) is 0 Å². The number of rotatable bonds is 5. The van der Waals surface area contributed by atoms with Crippen molar-refractivity contribution in [2.24, 2.45) is 0 Å². The van der Waals surface area contributed by atoms with Crippen molar-refractivity contribution in [1.82, 2.24) is 9.80 Å². The van der Waals surface area contributed by atoms with Gasteiger partial charge in [0.25, 0.3) is 0 Å². The molecule has 4 heteroatoms. The number of nitrogens with zero attached hydrogens (tertiary/aromatic N) is 2. The Bertz CT molecular complexity index is 521. The molecule has 1 aliphatic heterocycles. The van der Waals surface area contributed by atoms with Gasteiger partial charge in [-0.25, -0.2) is 0 Å². The van der Waals surface area contributed by atoms with E-state index in [0.717, 1.165) is 23.9 Å². The summed E-state index contributed by atoms with van der Waals surface area (Å²) in [6, 6.07) is 7.16. The Hall–Kier alpha value is -1.13. The molecule has 1 saturated heterocycles. The van der Waals surface area contributed by atoms with Crippen molar-refractivity contribution in [2.75, 3.05) is 32.0 Å². The van der Waals surface area contributed by atoms with E-state index in [-0.39, 0.29) is 0 Å². The van der Waals surface area contributed by atoms with Crippen molar-refractivity contribution in [1.29, 1.82) is 0 Å². The molecule has 1 aromatic rings. The maximum absolute atomic E-state index is 5.62. The monoisotopic (exact) mass is 333 g/mol. The molecule has 0 bridgehead atoms. The zero-order valence-electron chi connectivity index (χ0n) is 15.1. The molecule has 1 heterocycles. The molecule has 23 heavy (non-hydrogen) atoms. The molecular formula is C19H31N3S. The Kier molecular flexibility index (Phi) is 6.85. The summed E-state index contributed by atoms with van der Waals surface area (Å²) in [5.74, 6) is 0. The highest BCUT2D eigenvalue weighted by molar-refractivity contribution is 7.80. The van der Waals surface area contributed by atoms with E-state index in [4.69, 9.17) is 12.2 Å². The highest BCUT2D eigenvalue weighted by atomic mass is 32.1. The van der Waals surface area contributed by atoms with E-state index >= 15 is 0 Å². The molecule has 0 radical (unpaired) electrons. The first-order chi connectivity index (χ1) is 11.0. The van der Waals surface area contributed by atoms with Crippen molar-refractivity contribution in [2.45, 2.75) is 52.5 Å². The minimum absolute atomic E-state index is 0.710. The Morgan fingerprint density at radius 1 is 1.30 bits per heavy atom. The van der Waals surface area contributed by atoms with Gasteiger partial charge < -0.3 is 15.1 Å². The molecule has 1 fully saturated rings. The summed E-state index contributed by atoms with van der Waals surface area (Å²) in [4.78, 5) is 4.85. The number of unbranched alkanes of at least 4 members (excludes halogenated alkanes) is 1. The van der Waals surface area contributed by atoms with Gasteiger partial charge in [0.05, 0.1) is 0 Å². The van der Waals surface area contributed by atoms with Gasteiger partial charge in [0.2, 0.25) is 0 Å². The second-order valence-corrected chi connectivity index (χ2v) is 7.19. The quantitative estimate of drug-likeness (QED) is 0.814. The minimum Gasteiger partial charge on any atom is -0.349 e. The van der Waals surface area contributed by atoms with Crippen molar-refractivity contribution in [3.63, 3.8) is 0 Å². The average molecular weight is 334 g/mol. The van der Waals surface area contributed by atoms with Crippen LogP contribution in [0.2, 0.25) is 0 Å². The first-order valence-electron chi connectivity index (χ1n) is 8.84. The number of nitrogens with one attached hydrogen (secondary N) is 1. The van der Waals surface area contributed by atoms with Gasteiger partial charge in [0.1, 0.15) is 0 Å². The zero-order valence-corrected chi connectivity index (χ0v) is 15.9. The fourth-order valence-electron chi connectivity index (χ4n) is 3.25. The standard InChI is InChI=1S/C19H31N3S/c1-5-6-11-21(4)17-9-12-22(13-10-17)19(23)20-18-8-7-15(2)14-16(18)3/h7-8,14,17H,5-6,9-13H2,1-4H3,(H,20,23). The molecule has 0 spiro atoms. The Morgan fingerprint density at radius 3 is 2.61 bits per heavy atom. The maximum Gasteiger partial charge on any atom is 0.173 e. The SMILES string of the molecule is CCCCN(C)C1CCN(C(=S)Nc2ccc(C)cc2C)CC1.